The maximum atomic E-state index is 9.57. The molecule has 8 nitrogen and oxygen atoms in total. The number of hydrogen-bond acceptors (Lipinski definition) is 6. The number of nitrogens with zero attached hydrogens (tertiary/aromatic N) is 4. The average Bonchev–Trinajstić information content (AvgIpc) is 3.14. The second-order valence-corrected chi connectivity index (χ2v) is 6.42. The summed E-state index contributed by atoms with van der Waals surface area (Å²) in [6.45, 7) is 3.84. The van der Waals surface area contributed by atoms with Gasteiger partial charge in [-0.1, -0.05) is 24.3 Å². The van der Waals surface area contributed by atoms with Crippen LogP contribution < -0.4 is 16.9 Å². The molecular formula is C19H22N8. The lowest BCUT2D eigenvalue weighted by molar-refractivity contribution is 0.239. The number of hydrazine groups is 1. The summed E-state index contributed by atoms with van der Waals surface area (Å²) in [6.07, 6.45) is 1.64. The Balaban J connectivity index is 1.77. The van der Waals surface area contributed by atoms with Crippen LogP contribution in [0.25, 0.3) is 11.0 Å². The maximum absolute atomic E-state index is 9.57. The van der Waals surface area contributed by atoms with E-state index < -0.39 is 6.04 Å². The van der Waals surface area contributed by atoms with Gasteiger partial charge in [0.15, 0.2) is 5.84 Å². The predicted molar refractivity (Wildman–Crippen MR) is 106 cm³/mol. The number of nitriles is 1. The zero-order valence-corrected chi connectivity index (χ0v) is 15.2. The number of hydrogen-bond donors (Lipinski definition) is 4. The van der Waals surface area contributed by atoms with Gasteiger partial charge in [-0.05, 0) is 37.6 Å². The number of H-pyrrole nitrogens is 1. The van der Waals surface area contributed by atoms with Gasteiger partial charge in [-0.15, -0.1) is 5.10 Å². The number of aromatic nitrogens is 2. The minimum atomic E-state index is -0.504. The minimum Gasteiger partial charge on any atom is -0.382 e. The molecule has 0 amide bonds. The molecule has 3 aromatic rings. The highest BCUT2D eigenvalue weighted by molar-refractivity contribution is 5.97. The number of anilines is 1. The molecule has 0 aliphatic carbocycles. The molecule has 1 unspecified atom stereocenters. The topological polar surface area (TPSA) is 132 Å². The van der Waals surface area contributed by atoms with Crippen LogP contribution >= 0.6 is 0 Å². The highest BCUT2D eigenvalue weighted by atomic mass is 15.6. The summed E-state index contributed by atoms with van der Waals surface area (Å²) in [7, 11) is 0. The van der Waals surface area contributed by atoms with E-state index in [2.05, 4.69) is 26.5 Å². The highest BCUT2D eigenvalue weighted by Gasteiger charge is 2.12. The molecule has 0 saturated carbocycles. The van der Waals surface area contributed by atoms with E-state index in [0.29, 0.717) is 5.84 Å². The quantitative estimate of drug-likeness (QED) is 0.230. The Hall–Kier alpha value is -3.57. The van der Waals surface area contributed by atoms with E-state index in [0.717, 1.165) is 27.8 Å². The Labute approximate surface area is 157 Å². The summed E-state index contributed by atoms with van der Waals surface area (Å²) >= 11 is 0. The molecule has 1 atom stereocenters. The first-order chi connectivity index (χ1) is 13.0. The third-order valence-electron chi connectivity index (χ3n) is 4.15. The number of benzene rings is 2. The van der Waals surface area contributed by atoms with Crippen LogP contribution in [0.4, 0.5) is 5.69 Å². The van der Waals surface area contributed by atoms with Gasteiger partial charge in [0.05, 0.1) is 29.5 Å². The number of amidine groups is 1. The van der Waals surface area contributed by atoms with Gasteiger partial charge in [-0.25, -0.2) is 15.9 Å². The third-order valence-corrected chi connectivity index (χ3v) is 4.15. The largest absolute Gasteiger partial charge is 0.382 e. The van der Waals surface area contributed by atoms with E-state index in [9.17, 15) is 5.26 Å². The van der Waals surface area contributed by atoms with Crippen molar-refractivity contribution < 1.29 is 0 Å². The molecular weight excluding hydrogens is 340 g/mol. The molecule has 0 bridgehead atoms. The van der Waals surface area contributed by atoms with Gasteiger partial charge >= 0.3 is 0 Å². The molecule has 0 saturated heterocycles. The van der Waals surface area contributed by atoms with Gasteiger partial charge < -0.3 is 16.0 Å². The number of imidazole rings is 1. The van der Waals surface area contributed by atoms with E-state index in [1.807, 2.05) is 56.3 Å². The summed E-state index contributed by atoms with van der Waals surface area (Å²) in [5.74, 6) is 6.10. The normalized spacial score (nSPS) is 12.8. The van der Waals surface area contributed by atoms with Crippen molar-refractivity contribution in [2.45, 2.75) is 25.9 Å². The summed E-state index contributed by atoms with van der Waals surface area (Å²) in [5.41, 5.74) is 10.2. The first kappa shape index (κ1) is 18.2. The summed E-state index contributed by atoms with van der Waals surface area (Å²) < 4.78 is 0. The van der Waals surface area contributed by atoms with Crippen LogP contribution in [0, 0.1) is 11.3 Å². The van der Waals surface area contributed by atoms with E-state index in [-0.39, 0.29) is 6.04 Å². The molecule has 0 spiro atoms. The van der Waals surface area contributed by atoms with Crippen molar-refractivity contribution in [3.8, 4) is 6.07 Å². The van der Waals surface area contributed by atoms with Gasteiger partial charge in [-0.2, -0.15) is 5.26 Å². The Morgan fingerprint density at radius 3 is 2.67 bits per heavy atom. The van der Waals surface area contributed by atoms with Gasteiger partial charge in [0.1, 0.15) is 6.04 Å². The Kier molecular flexibility index (Phi) is 5.24. The molecule has 3 rings (SSSR count). The molecule has 0 radical (unpaired) electrons. The second-order valence-electron chi connectivity index (χ2n) is 6.42. The molecule has 27 heavy (non-hydrogen) atoms. The first-order valence-electron chi connectivity index (χ1n) is 8.55. The number of nitrogens with two attached hydrogens (primary N) is 2. The molecule has 2 aromatic carbocycles. The van der Waals surface area contributed by atoms with Crippen molar-refractivity contribution in [3.63, 3.8) is 0 Å². The van der Waals surface area contributed by atoms with Crippen LogP contribution in [0.1, 0.15) is 31.0 Å². The molecule has 6 N–H and O–H groups in total. The zero-order valence-electron chi connectivity index (χ0n) is 15.2. The molecule has 138 valence electrons. The lowest BCUT2D eigenvalue weighted by atomic mass is 10.0. The molecule has 1 aromatic heterocycles. The van der Waals surface area contributed by atoms with Crippen molar-refractivity contribution in [3.05, 3.63) is 59.9 Å². The van der Waals surface area contributed by atoms with Gasteiger partial charge in [0.2, 0.25) is 0 Å². The van der Waals surface area contributed by atoms with E-state index in [1.165, 1.54) is 5.12 Å². The van der Waals surface area contributed by atoms with Gasteiger partial charge in [0.25, 0.3) is 0 Å². The van der Waals surface area contributed by atoms with Crippen LogP contribution in [-0.2, 0) is 0 Å². The van der Waals surface area contributed by atoms with Gasteiger partial charge in [-0.3, -0.25) is 0 Å². The molecule has 0 fully saturated rings. The van der Waals surface area contributed by atoms with Crippen molar-refractivity contribution in [1.29, 1.82) is 5.26 Å². The maximum Gasteiger partial charge on any atom is 0.152 e. The Morgan fingerprint density at radius 2 is 2.00 bits per heavy atom. The Morgan fingerprint density at radius 1 is 1.26 bits per heavy atom. The van der Waals surface area contributed by atoms with Crippen molar-refractivity contribution in [2.24, 2.45) is 16.7 Å². The summed E-state index contributed by atoms with van der Waals surface area (Å²) in [4.78, 5) is 7.28. The van der Waals surface area contributed by atoms with Crippen molar-refractivity contribution in [2.75, 3.05) is 5.32 Å². The fourth-order valence-electron chi connectivity index (χ4n) is 2.52. The number of rotatable bonds is 6. The predicted octanol–water partition coefficient (Wildman–Crippen LogP) is 2.44. The fourth-order valence-corrected chi connectivity index (χ4v) is 2.52. The SMILES string of the molecule is CC(C)N(N)/N=C(\N)c1ccc(C(C#N)Nc2ccc3[nH]cnc3c2)cc1. The number of aromatic amines is 1. The summed E-state index contributed by atoms with van der Waals surface area (Å²) in [5, 5.41) is 18.2. The molecule has 0 aliphatic rings. The highest BCUT2D eigenvalue weighted by Crippen LogP contribution is 2.22. The van der Waals surface area contributed by atoms with Crippen molar-refractivity contribution in [1.82, 2.24) is 15.1 Å². The van der Waals surface area contributed by atoms with Crippen molar-refractivity contribution >= 4 is 22.6 Å². The monoisotopic (exact) mass is 362 g/mol. The zero-order chi connectivity index (χ0) is 19.4. The van der Waals surface area contributed by atoms with E-state index in [1.54, 1.807) is 6.33 Å². The fraction of sp³-hybridized carbons (Fsp3) is 0.211. The molecule has 0 aliphatic heterocycles. The van der Waals surface area contributed by atoms with Crippen LogP contribution in [0.5, 0.6) is 0 Å². The summed E-state index contributed by atoms with van der Waals surface area (Å²) in [6, 6.07) is 14.9. The van der Waals surface area contributed by atoms with E-state index >= 15 is 0 Å². The number of nitrogens with one attached hydrogen (secondary N) is 2. The van der Waals surface area contributed by atoms with Crippen LogP contribution in [0.3, 0.4) is 0 Å². The Bertz CT molecular complexity index is 981. The standard InChI is InChI=1S/C19H22N8/c1-12(2)27(22)26-19(21)14-5-3-13(4-6-14)18(10-20)25-15-7-8-16-17(9-15)24-11-23-16/h3-9,11-12,18,25H,22H2,1-2H3,(H2,21,26)(H,23,24). The molecule has 1 heterocycles. The average molecular weight is 362 g/mol. The third kappa shape index (κ3) is 4.16. The van der Waals surface area contributed by atoms with Crippen LogP contribution in [-0.4, -0.2) is 27.0 Å². The number of fused-ring (bicyclic) bond motifs is 1. The lowest BCUT2D eigenvalue weighted by Crippen LogP contribution is -2.35. The first-order valence-corrected chi connectivity index (χ1v) is 8.55. The van der Waals surface area contributed by atoms with Crippen LogP contribution in [0.15, 0.2) is 53.9 Å². The minimum absolute atomic E-state index is 0.0434. The molecule has 8 heteroatoms. The lowest BCUT2D eigenvalue weighted by Gasteiger charge is -2.17. The smallest absolute Gasteiger partial charge is 0.152 e. The second kappa shape index (κ2) is 7.76. The number of hydrazone groups is 1. The van der Waals surface area contributed by atoms with E-state index in [4.69, 9.17) is 11.6 Å². The van der Waals surface area contributed by atoms with Gasteiger partial charge in [0, 0.05) is 11.3 Å². The van der Waals surface area contributed by atoms with Crippen LogP contribution in [0.2, 0.25) is 0 Å².